The van der Waals surface area contributed by atoms with E-state index in [2.05, 4.69) is 0 Å². The first-order valence-electron chi connectivity index (χ1n) is 6.95. The Kier molecular flexibility index (Phi) is 5.34. The Morgan fingerprint density at radius 2 is 1.87 bits per heavy atom. The third kappa shape index (κ3) is 3.87. The molecule has 5 nitrogen and oxygen atoms in total. The van der Waals surface area contributed by atoms with Gasteiger partial charge in [0, 0.05) is 5.69 Å². The zero-order valence-corrected chi connectivity index (χ0v) is 13.6. The number of aliphatic carboxylic acids is 1. The van der Waals surface area contributed by atoms with E-state index >= 15 is 0 Å². The van der Waals surface area contributed by atoms with Gasteiger partial charge in [0.25, 0.3) is 0 Å². The minimum absolute atomic E-state index is 0.277. The first-order valence-corrected chi connectivity index (χ1v) is 7.32. The summed E-state index contributed by atoms with van der Waals surface area (Å²) in [7, 11) is 3.00. The summed E-state index contributed by atoms with van der Waals surface area (Å²) in [5.74, 6) is -0.723. The van der Waals surface area contributed by atoms with Gasteiger partial charge in [-0.2, -0.15) is 0 Å². The summed E-state index contributed by atoms with van der Waals surface area (Å²) >= 11 is 6.17. The van der Waals surface area contributed by atoms with Crippen LogP contribution in [0.2, 0.25) is 5.02 Å². The van der Waals surface area contributed by atoms with Crippen LogP contribution < -0.4 is 15.2 Å². The van der Waals surface area contributed by atoms with Crippen molar-refractivity contribution in [2.45, 2.75) is 12.3 Å². The van der Waals surface area contributed by atoms with Crippen molar-refractivity contribution < 1.29 is 19.4 Å². The minimum Gasteiger partial charge on any atom is -0.493 e. The topological polar surface area (TPSA) is 81.8 Å². The number of nitrogen functional groups attached to an aromatic ring is 1. The van der Waals surface area contributed by atoms with Gasteiger partial charge >= 0.3 is 5.97 Å². The van der Waals surface area contributed by atoms with Crippen LogP contribution in [0.5, 0.6) is 11.5 Å². The Bertz CT molecular complexity index is 700. The van der Waals surface area contributed by atoms with E-state index in [4.69, 9.17) is 26.8 Å². The van der Waals surface area contributed by atoms with Gasteiger partial charge in [0.1, 0.15) is 0 Å². The van der Waals surface area contributed by atoms with Crippen molar-refractivity contribution in [2.24, 2.45) is 0 Å². The Balaban J connectivity index is 2.35. The van der Waals surface area contributed by atoms with Crippen molar-refractivity contribution in [3.63, 3.8) is 0 Å². The monoisotopic (exact) mass is 335 g/mol. The van der Waals surface area contributed by atoms with Crippen LogP contribution in [0.25, 0.3) is 0 Å². The summed E-state index contributed by atoms with van der Waals surface area (Å²) in [5, 5.41) is 9.91. The molecule has 6 heteroatoms. The number of halogens is 1. The average Bonchev–Trinajstić information content (AvgIpc) is 2.52. The molecule has 0 aliphatic rings. The fourth-order valence-corrected chi connectivity index (χ4v) is 2.71. The van der Waals surface area contributed by atoms with Gasteiger partial charge in [0.15, 0.2) is 11.5 Å². The SMILES string of the molecule is COc1cc(CC(C(=O)O)c2ccc(N)cc2)cc(Cl)c1OC. The second-order valence-electron chi connectivity index (χ2n) is 5.07. The molecule has 122 valence electrons. The van der Waals surface area contributed by atoms with E-state index in [-0.39, 0.29) is 6.42 Å². The first-order chi connectivity index (χ1) is 11.0. The Hall–Kier alpha value is -2.40. The molecule has 2 aromatic carbocycles. The number of ether oxygens (including phenoxy) is 2. The summed E-state index contributed by atoms with van der Waals surface area (Å²) in [6.45, 7) is 0. The highest BCUT2D eigenvalue weighted by Gasteiger charge is 2.22. The number of methoxy groups -OCH3 is 2. The standard InChI is InChI=1S/C17H18ClNO4/c1-22-15-9-10(8-14(18)16(15)23-2)7-13(17(20)21)11-3-5-12(19)6-4-11/h3-6,8-9,13H,7,19H2,1-2H3,(H,20,21). The molecule has 0 radical (unpaired) electrons. The molecule has 0 bridgehead atoms. The van der Waals surface area contributed by atoms with E-state index in [0.717, 1.165) is 5.56 Å². The largest absolute Gasteiger partial charge is 0.493 e. The van der Waals surface area contributed by atoms with E-state index in [1.54, 1.807) is 36.4 Å². The molecule has 2 rings (SSSR count). The Morgan fingerprint density at radius 3 is 2.39 bits per heavy atom. The predicted octanol–water partition coefficient (Wildman–Crippen LogP) is 3.35. The third-order valence-electron chi connectivity index (χ3n) is 3.57. The number of carbonyl (C=O) groups is 1. The molecule has 0 aromatic heterocycles. The molecular weight excluding hydrogens is 318 g/mol. The molecular formula is C17H18ClNO4. The first kappa shape index (κ1) is 17.0. The van der Waals surface area contributed by atoms with E-state index in [1.807, 2.05) is 0 Å². The van der Waals surface area contributed by atoms with Gasteiger partial charge in [0.05, 0.1) is 25.2 Å². The highest BCUT2D eigenvalue weighted by atomic mass is 35.5. The number of anilines is 1. The van der Waals surface area contributed by atoms with Crippen LogP contribution in [-0.2, 0) is 11.2 Å². The molecule has 1 atom stereocenters. The third-order valence-corrected chi connectivity index (χ3v) is 3.85. The van der Waals surface area contributed by atoms with Gasteiger partial charge in [-0.25, -0.2) is 0 Å². The average molecular weight is 336 g/mol. The van der Waals surface area contributed by atoms with Crippen molar-refractivity contribution in [3.05, 3.63) is 52.5 Å². The Labute approximate surface area is 139 Å². The molecule has 0 aliphatic heterocycles. The summed E-state index contributed by atoms with van der Waals surface area (Å²) in [4.78, 5) is 11.6. The van der Waals surface area contributed by atoms with Crippen LogP contribution in [0, 0.1) is 0 Å². The number of carboxylic acids is 1. The fourth-order valence-electron chi connectivity index (χ4n) is 2.40. The summed E-state index contributed by atoms with van der Waals surface area (Å²) < 4.78 is 10.4. The number of nitrogens with two attached hydrogens (primary N) is 1. The number of hydrogen-bond donors (Lipinski definition) is 2. The molecule has 0 aliphatic carbocycles. The van der Waals surface area contributed by atoms with Gasteiger partial charge in [0.2, 0.25) is 0 Å². The lowest BCUT2D eigenvalue weighted by molar-refractivity contribution is -0.138. The summed E-state index contributed by atoms with van der Waals surface area (Å²) in [5.41, 5.74) is 7.67. The molecule has 0 heterocycles. The summed E-state index contributed by atoms with van der Waals surface area (Å²) in [6.07, 6.45) is 0.277. The second kappa shape index (κ2) is 7.24. The van der Waals surface area contributed by atoms with Gasteiger partial charge in [-0.15, -0.1) is 0 Å². The molecule has 3 N–H and O–H groups in total. The van der Waals surface area contributed by atoms with E-state index in [0.29, 0.717) is 27.8 Å². The van der Waals surface area contributed by atoms with Crippen molar-refractivity contribution in [1.82, 2.24) is 0 Å². The quantitative estimate of drug-likeness (QED) is 0.791. The van der Waals surface area contributed by atoms with E-state index in [1.165, 1.54) is 14.2 Å². The number of hydrogen-bond acceptors (Lipinski definition) is 4. The molecule has 0 spiro atoms. The molecule has 1 unspecified atom stereocenters. The molecule has 23 heavy (non-hydrogen) atoms. The van der Waals surface area contributed by atoms with Gasteiger partial charge in [-0.1, -0.05) is 23.7 Å². The maximum absolute atomic E-state index is 11.6. The zero-order valence-electron chi connectivity index (χ0n) is 12.9. The maximum Gasteiger partial charge on any atom is 0.311 e. The lowest BCUT2D eigenvalue weighted by Gasteiger charge is -2.16. The van der Waals surface area contributed by atoms with Crippen LogP contribution in [0.3, 0.4) is 0 Å². The van der Waals surface area contributed by atoms with Crippen LogP contribution in [0.4, 0.5) is 5.69 Å². The number of rotatable bonds is 6. The fraction of sp³-hybridized carbons (Fsp3) is 0.235. The van der Waals surface area contributed by atoms with E-state index < -0.39 is 11.9 Å². The van der Waals surface area contributed by atoms with Gasteiger partial charge in [-0.05, 0) is 41.8 Å². The lowest BCUT2D eigenvalue weighted by atomic mass is 9.92. The van der Waals surface area contributed by atoms with Gasteiger partial charge in [-0.3, -0.25) is 4.79 Å². The number of benzene rings is 2. The van der Waals surface area contributed by atoms with Crippen LogP contribution in [0.1, 0.15) is 17.0 Å². The normalized spacial score (nSPS) is 11.8. The highest BCUT2D eigenvalue weighted by Crippen LogP contribution is 2.37. The Morgan fingerprint density at radius 1 is 1.22 bits per heavy atom. The van der Waals surface area contributed by atoms with Crippen molar-refractivity contribution in [2.75, 3.05) is 20.0 Å². The molecule has 2 aromatic rings. The van der Waals surface area contributed by atoms with Crippen LogP contribution in [-0.4, -0.2) is 25.3 Å². The van der Waals surface area contributed by atoms with Crippen LogP contribution >= 0.6 is 11.6 Å². The van der Waals surface area contributed by atoms with Crippen molar-refractivity contribution in [3.8, 4) is 11.5 Å². The van der Waals surface area contributed by atoms with Crippen molar-refractivity contribution in [1.29, 1.82) is 0 Å². The lowest BCUT2D eigenvalue weighted by Crippen LogP contribution is -2.14. The predicted molar refractivity (Wildman–Crippen MR) is 89.5 cm³/mol. The summed E-state index contributed by atoms with van der Waals surface area (Å²) in [6, 6.07) is 10.2. The van der Waals surface area contributed by atoms with Gasteiger partial charge < -0.3 is 20.3 Å². The second-order valence-corrected chi connectivity index (χ2v) is 5.48. The molecule has 0 saturated heterocycles. The smallest absolute Gasteiger partial charge is 0.311 e. The minimum atomic E-state index is -0.916. The number of carboxylic acid groups (broad SMARTS) is 1. The highest BCUT2D eigenvalue weighted by molar-refractivity contribution is 6.32. The maximum atomic E-state index is 11.6. The van der Waals surface area contributed by atoms with Crippen molar-refractivity contribution >= 4 is 23.3 Å². The molecule has 0 fully saturated rings. The van der Waals surface area contributed by atoms with E-state index in [9.17, 15) is 9.90 Å². The molecule has 0 saturated carbocycles. The zero-order chi connectivity index (χ0) is 17.0. The van der Waals surface area contributed by atoms with Crippen LogP contribution in [0.15, 0.2) is 36.4 Å². The molecule has 0 amide bonds.